The van der Waals surface area contributed by atoms with Crippen LogP contribution in [0.15, 0.2) is 0 Å². The predicted molar refractivity (Wildman–Crippen MR) is 59.2 cm³/mol. The number of hydrogen-bond acceptors (Lipinski definition) is 3. The molecule has 3 nitrogen and oxygen atoms in total. The van der Waals surface area contributed by atoms with Crippen molar-refractivity contribution in [2.45, 2.75) is 56.1 Å². The van der Waals surface area contributed by atoms with E-state index in [9.17, 15) is 8.42 Å². The maximum Gasteiger partial charge on any atom is 0.157 e. The van der Waals surface area contributed by atoms with Crippen molar-refractivity contribution in [1.29, 1.82) is 0 Å². The highest BCUT2D eigenvalue weighted by molar-refractivity contribution is 7.92. The van der Waals surface area contributed by atoms with Gasteiger partial charge in [0, 0.05) is 6.04 Å². The molecular formula is C10H21NO2S. The molecule has 0 amide bonds. The molecule has 84 valence electrons. The SMILES string of the molecule is CNC(C)C(C)S(=O)(=O)C1CCCC1. The second kappa shape index (κ2) is 4.62. The maximum atomic E-state index is 12.1. The lowest BCUT2D eigenvalue weighted by atomic mass is 10.3. The molecule has 0 radical (unpaired) electrons. The van der Waals surface area contributed by atoms with Crippen molar-refractivity contribution in [3.8, 4) is 0 Å². The van der Waals surface area contributed by atoms with Crippen molar-refractivity contribution in [3.63, 3.8) is 0 Å². The zero-order valence-corrected chi connectivity index (χ0v) is 10.1. The Morgan fingerprint density at radius 1 is 1.21 bits per heavy atom. The predicted octanol–water partition coefficient (Wildman–Crippen LogP) is 1.34. The summed E-state index contributed by atoms with van der Waals surface area (Å²) in [4.78, 5) is 0. The van der Waals surface area contributed by atoms with E-state index in [4.69, 9.17) is 0 Å². The molecule has 1 N–H and O–H groups in total. The third-order valence-electron chi connectivity index (χ3n) is 3.44. The Labute approximate surface area is 87.2 Å². The molecule has 14 heavy (non-hydrogen) atoms. The van der Waals surface area contributed by atoms with E-state index in [1.165, 1.54) is 0 Å². The van der Waals surface area contributed by atoms with Gasteiger partial charge in [-0.3, -0.25) is 0 Å². The van der Waals surface area contributed by atoms with E-state index in [1.807, 2.05) is 20.9 Å². The Balaban J connectivity index is 2.73. The van der Waals surface area contributed by atoms with Crippen LogP contribution in [0.5, 0.6) is 0 Å². The van der Waals surface area contributed by atoms with Gasteiger partial charge in [-0.15, -0.1) is 0 Å². The fourth-order valence-electron chi connectivity index (χ4n) is 2.04. The van der Waals surface area contributed by atoms with Crippen molar-refractivity contribution in [3.05, 3.63) is 0 Å². The summed E-state index contributed by atoms with van der Waals surface area (Å²) in [6.07, 6.45) is 3.88. The van der Waals surface area contributed by atoms with Crippen LogP contribution in [0.2, 0.25) is 0 Å². The minimum Gasteiger partial charge on any atom is -0.316 e. The lowest BCUT2D eigenvalue weighted by Crippen LogP contribution is -2.42. The zero-order valence-electron chi connectivity index (χ0n) is 9.29. The first-order valence-electron chi connectivity index (χ1n) is 5.40. The summed E-state index contributed by atoms with van der Waals surface area (Å²) >= 11 is 0. The monoisotopic (exact) mass is 219 g/mol. The van der Waals surface area contributed by atoms with Crippen molar-refractivity contribution in [2.75, 3.05) is 7.05 Å². The Bertz CT molecular complexity index is 268. The van der Waals surface area contributed by atoms with Crippen molar-refractivity contribution in [2.24, 2.45) is 0 Å². The molecule has 1 aliphatic rings. The van der Waals surface area contributed by atoms with Gasteiger partial charge in [0.25, 0.3) is 0 Å². The van der Waals surface area contributed by atoms with Gasteiger partial charge in [-0.25, -0.2) is 8.42 Å². The molecule has 2 unspecified atom stereocenters. The first kappa shape index (κ1) is 12.0. The smallest absolute Gasteiger partial charge is 0.157 e. The van der Waals surface area contributed by atoms with Gasteiger partial charge in [0.1, 0.15) is 0 Å². The highest BCUT2D eigenvalue weighted by Gasteiger charge is 2.35. The lowest BCUT2D eigenvalue weighted by molar-refractivity contribution is 0.528. The summed E-state index contributed by atoms with van der Waals surface area (Å²) in [5.74, 6) is 0. The van der Waals surface area contributed by atoms with Gasteiger partial charge < -0.3 is 5.32 Å². The molecule has 0 aromatic heterocycles. The fourth-order valence-corrected chi connectivity index (χ4v) is 4.34. The average molecular weight is 219 g/mol. The van der Waals surface area contributed by atoms with Gasteiger partial charge in [-0.2, -0.15) is 0 Å². The number of rotatable bonds is 4. The van der Waals surface area contributed by atoms with E-state index < -0.39 is 9.84 Å². The largest absolute Gasteiger partial charge is 0.316 e. The highest BCUT2D eigenvalue weighted by Crippen LogP contribution is 2.28. The van der Waals surface area contributed by atoms with Crippen LogP contribution in [0.4, 0.5) is 0 Å². The summed E-state index contributed by atoms with van der Waals surface area (Å²) in [6, 6.07) is 0.0422. The standard InChI is InChI=1S/C10H21NO2S/c1-8(11-3)9(2)14(12,13)10-6-4-5-7-10/h8-11H,4-7H2,1-3H3. The molecule has 2 atom stereocenters. The molecule has 0 aliphatic heterocycles. The van der Waals surface area contributed by atoms with E-state index in [1.54, 1.807) is 0 Å². The molecular weight excluding hydrogens is 198 g/mol. The van der Waals surface area contributed by atoms with E-state index >= 15 is 0 Å². The van der Waals surface area contributed by atoms with Crippen LogP contribution in [0.25, 0.3) is 0 Å². The first-order valence-corrected chi connectivity index (χ1v) is 7.01. The second-order valence-electron chi connectivity index (χ2n) is 4.28. The summed E-state index contributed by atoms with van der Waals surface area (Å²) in [6.45, 7) is 3.74. The molecule has 1 saturated carbocycles. The van der Waals surface area contributed by atoms with Gasteiger partial charge in [-0.05, 0) is 33.7 Å². The summed E-state index contributed by atoms with van der Waals surface area (Å²) < 4.78 is 24.2. The van der Waals surface area contributed by atoms with Gasteiger partial charge in [0.2, 0.25) is 0 Å². The Morgan fingerprint density at radius 2 is 1.71 bits per heavy atom. The third-order valence-corrected chi connectivity index (χ3v) is 6.29. The molecule has 0 bridgehead atoms. The van der Waals surface area contributed by atoms with E-state index in [0.29, 0.717) is 0 Å². The lowest BCUT2D eigenvalue weighted by Gasteiger charge is -2.23. The molecule has 0 saturated heterocycles. The van der Waals surface area contributed by atoms with Crippen LogP contribution in [0, 0.1) is 0 Å². The molecule has 1 fully saturated rings. The van der Waals surface area contributed by atoms with Gasteiger partial charge >= 0.3 is 0 Å². The average Bonchev–Trinajstić information content (AvgIpc) is 2.68. The summed E-state index contributed by atoms with van der Waals surface area (Å²) in [5.41, 5.74) is 0. The molecule has 0 spiro atoms. The number of hydrogen-bond donors (Lipinski definition) is 1. The van der Waals surface area contributed by atoms with E-state index in [0.717, 1.165) is 25.7 Å². The molecule has 0 heterocycles. The quantitative estimate of drug-likeness (QED) is 0.776. The highest BCUT2D eigenvalue weighted by atomic mass is 32.2. The van der Waals surface area contributed by atoms with E-state index in [2.05, 4.69) is 5.32 Å². The number of sulfone groups is 1. The van der Waals surface area contributed by atoms with Crippen LogP contribution < -0.4 is 5.32 Å². The van der Waals surface area contributed by atoms with Crippen LogP contribution in [-0.2, 0) is 9.84 Å². The second-order valence-corrected chi connectivity index (χ2v) is 6.87. The molecule has 4 heteroatoms. The molecule has 1 aliphatic carbocycles. The van der Waals surface area contributed by atoms with Gasteiger partial charge in [0.15, 0.2) is 9.84 Å². The fraction of sp³-hybridized carbons (Fsp3) is 1.00. The minimum absolute atomic E-state index is 0.0422. The summed E-state index contributed by atoms with van der Waals surface area (Å²) in [7, 11) is -1.10. The molecule has 1 rings (SSSR count). The summed E-state index contributed by atoms with van der Waals surface area (Å²) in [5, 5.41) is 2.67. The van der Waals surface area contributed by atoms with Crippen LogP contribution in [-0.4, -0.2) is 32.0 Å². The Kier molecular flexibility index (Phi) is 3.95. The number of nitrogens with one attached hydrogen (secondary N) is 1. The Hall–Kier alpha value is -0.0900. The maximum absolute atomic E-state index is 12.1. The topological polar surface area (TPSA) is 46.2 Å². The van der Waals surface area contributed by atoms with Gasteiger partial charge in [0.05, 0.1) is 10.5 Å². The zero-order chi connectivity index (χ0) is 10.8. The molecule has 0 aromatic rings. The van der Waals surface area contributed by atoms with Crippen LogP contribution in [0.3, 0.4) is 0 Å². The van der Waals surface area contributed by atoms with Gasteiger partial charge in [-0.1, -0.05) is 12.8 Å². The van der Waals surface area contributed by atoms with Crippen LogP contribution >= 0.6 is 0 Å². The Morgan fingerprint density at radius 3 is 2.14 bits per heavy atom. The van der Waals surface area contributed by atoms with Crippen LogP contribution in [0.1, 0.15) is 39.5 Å². The first-order chi connectivity index (χ1) is 6.50. The van der Waals surface area contributed by atoms with Crippen molar-refractivity contribution in [1.82, 2.24) is 5.32 Å². The minimum atomic E-state index is -2.91. The van der Waals surface area contributed by atoms with E-state index in [-0.39, 0.29) is 16.5 Å². The third kappa shape index (κ3) is 2.28. The molecule has 0 aromatic carbocycles. The van der Waals surface area contributed by atoms with Crippen molar-refractivity contribution < 1.29 is 8.42 Å². The van der Waals surface area contributed by atoms with Crippen molar-refractivity contribution >= 4 is 9.84 Å². The normalized spacial score (nSPS) is 23.6.